The predicted molar refractivity (Wildman–Crippen MR) is 75.8 cm³/mol. The van der Waals surface area contributed by atoms with E-state index in [1.807, 2.05) is 24.3 Å². The molecule has 0 spiro atoms. The van der Waals surface area contributed by atoms with Crippen LogP contribution in [0.25, 0.3) is 0 Å². The summed E-state index contributed by atoms with van der Waals surface area (Å²) in [7, 11) is 0. The Balaban J connectivity index is 2.08. The van der Waals surface area contributed by atoms with Gasteiger partial charge in [0.25, 0.3) is 0 Å². The third-order valence-corrected chi connectivity index (χ3v) is 2.73. The Labute approximate surface area is 116 Å². The summed E-state index contributed by atoms with van der Waals surface area (Å²) in [6.07, 6.45) is 1.66. The average Bonchev–Trinajstić information content (AvgIpc) is 2.45. The van der Waals surface area contributed by atoms with Gasteiger partial charge in [0.15, 0.2) is 0 Å². The fourth-order valence-corrected chi connectivity index (χ4v) is 1.76. The molecule has 0 saturated heterocycles. The van der Waals surface area contributed by atoms with Gasteiger partial charge in [-0.15, -0.1) is 0 Å². The highest BCUT2D eigenvalue weighted by atomic mass is 19.1. The zero-order valence-electron chi connectivity index (χ0n) is 10.9. The Bertz CT molecular complexity index is 599. The lowest BCUT2D eigenvalue weighted by Crippen LogP contribution is -2.04. The number of halogens is 2. The molecule has 0 atom stereocenters. The van der Waals surface area contributed by atoms with Crippen LogP contribution in [0.4, 0.5) is 14.5 Å². The highest BCUT2D eigenvalue weighted by Crippen LogP contribution is 2.21. The molecule has 0 aromatic heterocycles. The number of para-hydroxylation sites is 1. The molecule has 0 aliphatic carbocycles. The number of hydrogen-bond acceptors (Lipinski definition) is 2. The molecule has 2 rings (SSSR count). The SMILES string of the molecule is C=CCOc1ccccc1CNc1ccc(F)cc1F. The van der Waals surface area contributed by atoms with Gasteiger partial charge in [0, 0.05) is 18.2 Å². The summed E-state index contributed by atoms with van der Waals surface area (Å²) in [5.74, 6) is -0.500. The van der Waals surface area contributed by atoms with Crippen molar-refractivity contribution in [2.45, 2.75) is 6.54 Å². The largest absolute Gasteiger partial charge is 0.489 e. The van der Waals surface area contributed by atoms with Crippen molar-refractivity contribution < 1.29 is 13.5 Å². The lowest BCUT2D eigenvalue weighted by Gasteiger charge is -2.12. The monoisotopic (exact) mass is 275 g/mol. The molecule has 0 aliphatic rings. The number of ether oxygens (including phenoxy) is 1. The number of hydrogen-bond donors (Lipinski definition) is 1. The maximum Gasteiger partial charge on any atom is 0.149 e. The minimum Gasteiger partial charge on any atom is -0.489 e. The third-order valence-electron chi connectivity index (χ3n) is 2.73. The average molecular weight is 275 g/mol. The van der Waals surface area contributed by atoms with E-state index in [9.17, 15) is 8.78 Å². The molecule has 0 heterocycles. The molecule has 2 nitrogen and oxygen atoms in total. The van der Waals surface area contributed by atoms with Crippen LogP contribution in [0.3, 0.4) is 0 Å². The molecule has 0 amide bonds. The highest BCUT2D eigenvalue weighted by molar-refractivity contribution is 5.46. The van der Waals surface area contributed by atoms with Crippen LogP contribution < -0.4 is 10.1 Å². The number of anilines is 1. The zero-order valence-corrected chi connectivity index (χ0v) is 10.9. The van der Waals surface area contributed by atoms with Crippen LogP contribution in [0.2, 0.25) is 0 Å². The second kappa shape index (κ2) is 6.70. The Morgan fingerprint density at radius 3 is 2.70 bits per heavy atom. The van der Waals surface area contributed by atoms with Gasteiger partial charge >= 0.3 is 0 Å². The molecule has 0 bridgehead atoms. The fraction of sp³-hybridized carbons (Fsp3) is 0.125. The smallest absolute Gasteiger partial charge is 0.149 e. The molecular formula is C16H15F2NO. The third kappa shape index (κ3) is 3.57. The molecule has 0 aliphatic heterocycles. The summed E-state index contributed by atoms with van der Waals surface area (Å²) in [4.78, 5) is 0. The molecular weight excluding hydrogens is 260 g/mol. The van der Waals surface area contributed by atoms with Gasteiger partial charge < -0.3 is 10.1 Å². The van der Waals surface area contributed by atoms with Gasteiger partial charge in [0.1, 0.15) is 24.0 Å². The van der Waals surface area contributed by atoms with E-state index in [2.05, 4.69) is 11.9 Å². The van der Waals surface area contributed by atoms with Crippen molar-refractivity contribution >= 4 is 5.69 Å². The van der Waals surface area contributed by atoms with Crippen molar-refractivity contribution in [2.24, 2.45) is 0 Å². The van der Waals surface area contributed by atoms with Gasteiger partial charge in [-0.05, 0) is 18.2 Å². The maximum absolute atomic E-state index is 13.5. The van der Waals surface area contributed by atoms with Crippen molar-refractivity contribution in [1.82, 2.24) is 0 Å². The molecule has 0 radical (unpaired) electrons. The molecule has 0 saturated carbocycles. The second-order valence-corrected chi connectivity index (χ2v) is 4.19. The minimum absolute atomic E-state index is 0.255. The Kier molecular flexibility index (Phi) is 4.71. The second-order valence-electron chi connectivity index (χ2n) is 4.19. The van der Waals surface area contributed by atoms with Gasteiger partial charge in [0.2, 0.25) is 0 Å². The zero-order chi connectivity index (χ0) is 14.4. The van der Waals surface area contributed by atoms with Gasteiger partial charge in [0.05, 0.1) is 5.69 Å². The first kappa shape index (κ1) is 14.1. The van der Waals surface area contributed by atoms with Crippen molar-refractivity contribution in [3.05, 3.63) is 72.3 Å². The van der Waals surface area contributed by atoms with Crippen LogP contribution in [0.1, 0.15) is 5.56 Å². The highest BCUT2D eigenvalue weighted by Gasteiger charge is 2.06. The Hall–Kier alpha value is -2.36. The normalized spacial score (nSPS) is 10.1. The van der Waals surface area contributed by atoms with E-state index in [4.69, 9.17) is 4.74 Å². The summed E-state index contributed by atoms with van der Waals surface area (Å²) in [6.45, 7) is 4.38. The molecule has 20 heavy (non-hydrogen) atoms. The summed E-state index contributed by atoms with van der Waals surface area (Å²) in [5, 5.41) is 2.93. The van der Waals surface area contributed by atoms with E-state index in [0.717, 1.165) is 11.6 Å². The molecule has 2 aromatic carbocycles. The Morgan fingerprint density at radius 2 is 1.95 bits per heavy atom. The van der Waals surface area contributed by atoms with Crippen molar-refractivity contribution in [1.29, 1.82) is 0 Å². The van der Waals surface area contributed by atoms with E-state index >= 15 is 0 Å². The lowest BCUT2D eigenvalue weighted by molar-refractivity contribution is 0.359. The predicted octanol–water partition coefficient (Wildman–Crippen LogP) is 4.14. The van der Waals surface area contributed by atoms with Crippen molar-refractivity contribution in [3.8, 4) is 5.75 Å². The van der Waals surface area contributed by atoms with E-state index < -0.39 is 11.6 Å². The van der Waals surface area contributed by atoms with Crippen LogP contribution in [-0.4, -0.2) is 6.61 Å². The summed E-state index contributed by atoms with van der Waals surface area (Å²) < 4.78 is 31.8. The molecule has 4 heteroatoms. The van der Waals surface area contributed by atoms with E-state index in [1.165, 1.54) is 12.1 Å². The fourth-order valence-electron chi connectivity index (χ4n) is 1.76. The topological polar surface area (TPSA) is 21.3 Å². The van der Waals surface area contributed by atoms with Gasteiger partial charge in [-0.1, -0.05) is 30.9 Å². The molecule has 1 N–H and O–H groups in total. The minimum atomic E-state index is -0.616. The summed E-state index contributed by atoms with van der Waals surface area (Å²) >= 11 is 0. The molecule has 2 aromatic rings. The first-order valence-electron chi connectivity index (χ1n) is 6.21. The molecule has 104 valence electrons. The van der Waals surface area contributed by atoms with Gasteiger partial charge in [-0.25, -0.2) is 8.78 Å². The first-order chi connectivity index (χ1) is 9.70. The lowest BCUT2D eigenvalue weighted by atomic mass is 10.2. The Morgan fingerprint density at radius 1 is 1.15 bits per heavy atom. The van der Waals surface area contributed by atoms with Crippen LogP contribution in [0.5, 0.6) is 5.75 Å². The standard InChI is InChI=1S/C16H15F2NO/c1-2-9-20-16-6-4-3-5-12(16)11-19-15-8-7-13(17)10-14(15)18/h2-8,10,19H,1,9,11H2. The quantitative estimate of drug-likeness (QED) is 0.800. The van der Waals surface area contributed by atoms with E-state index in [0.29, 0.717) is 18.9 Å². The van der Waals surface area contributed by atoms with Crippen molar-refractivity contribution in [3.63, 3.8) is 0 Å². The summed E-state index contributed by atoms with van der Waals surface area (Å²) in [5.41, 5.74) is 1.14. The van der Waals surface area contributed by atoms with Crippen LogP contribution in [0.15, 0.2) is 55.1 Å². The van der Waals surface area contributed by atoms with Crippen LogP contribution in [0, 0.1) is 11.6 Å². The number of nitrogens with one attached hydrogen (secondary N) is 1. The molecule has 0 fully saturated rings. The van der Waals surface area contributed by atoms with E-state index in [-0.39, 0.29) is 5.69 Å². The van der Waals surface area contributed by atoms with Gasteiger partial charge in [-0.3, -0.25) is 0 Å². The number of rotatable bonds is 6. The summed E-state index contributed by atoms with van der Waals surface area (Å²) in [6, 6.07) is 10.9. The van der Waals surface area contributed by atoms with Crippen molar-refractivity contribution in [2.75, 3.05) is 11.9 Å². The maximum atomic E-state index is 13.5. The van der Waals surface area contributed by atoms with Gasteiger partial charge in [-0.2, -0.15) is 0 Å². The molecule has 0 unspecified atom stereocenters. The first-order valence-corrected chi connectivity index (χ1v) is 6.21. The van der Waals surface area contributed by atoms with Crippen LogP contribution >= 0.6 is 0 Å². The van der Waals surface area contributed by atoms with Crippen LogP contribution in [-0.2, 0) is 6.54 Å². The van der Waals surface area contributed by atoms with E-state index in [1.54, 1.807) is 6.08 Å². The number of benzene rings is 2.